The van der Waals surface area contributed by atoms with Gasteiger partial charge in [-0.2, -0.15) is 0 Å². The average molecular weight is 396 g/mol. The van der Waals surface area contributed by atoms with Crippen LogP contribution in [0.1, 0.15) is 38.5 Å². The zero-order valence-electron chi connectivity index (χ0n) is 14.5. The Hall–Kier alpha value is -0.670. The summed E-state index contributed by atoms with van der Waals surface area (Å²) >= 11 is 8.14. The Morgan fingerprint density at radius 2 is 1.76 bits per heavy atom. The standard InChI is InChI=1S/C21H26ClNS.ClH/c22-18-12-13-20(17-8-3-1-4-9-17)21(16-18)24-15-7-14-23-19-10-5-2-6-11-19;/h1,3-4,8-9,12-13,16,19,23H,2,5-7,10-11,14-15H2;1H. The maximum Gasteiger partial charge on any atom is 0.0417 e. The quantitative estimate of drug-likeness (QED) is 0.406. The predicted octanol–water partition coefficient (Wildman–Crippen LogP) is 6.83. The fourth-order valence-electron chi connectivity index (χ4n) is 3.34. The molecule has 1 nitrogen and oxygen atoms in total. The summed E-state index contributed by atoms with van der Waals surface area (Å²) in [4.78, 5) is 1.28. The van der Waals surface area contributed by atoms with E-state index in [9.17, 15) is 0 Å². The van der Waals surface area contributed by atoms with Crippen molar-refractivity contribution in [1.82, 2.24) is 5.32 Å². The van der Waals surface area contributed by atoms with Crippen LogP contribution in [0.2, 0.25) is 5.02 Å². The van der Waals surface area contributed by atoms with Gasteiger partial charge in [0.05, 0.1) is 0 Å². The highest BCUT2D eigenvalue weighted by Gasteiger charge is 2.12. The van der Waals surface area contributed by atoms with Crippen LogP contribution in [0, 0.1) is 0 Å². The Labute approximate surface area is 167 Å². The lowest BCUT2D eigenvalue weighted by molar-refractivity contribution is 0.375. The van der Waals surface area contributed by atoms with E-state index in [4.69, 9.17) is 11.6 Å². The summed E-state index contributed by atoms with van der Waals surface area (Å²) in [6.07, 6.45) is 8.14. The lowest BCUT2D eigenvalue weighted by Crippen LogP contribution is -2.31. The van der Waals surface area contributed by atoms with Crippen LogP contribution < -0.4 is 5.32 Å². The zero-order valence-corrected chi connectivity index (χ0v) is 16.9. The molecule has 0 heterocycles. The van der Waals surface area contributed by atoms with Crippen LogP contribution in [0.5, 0.6) is 0 Å². The minimum atomic E-state index is 0. The van der Waals surface area contributed by atoms with Crippen LogP contribution >= 0.6 is 35.8 Å². The first kappa shape index (κ1) is 20.6. The largest absolute Gasteiger partial charge is 0.314 e. The number of benzene rings is 2. The molecule has 0 unspecified atom stereocenters. The van der Waals surface area contributed by atoms with Crippen molar-refractivity contribution in [3.05, 3.63) is 53.6 Å². The Balaban J connectivity index is 0.00000225. The van der Waals surface area contributed by atoms with Gasteiger partial charge in [0.1, 0.15) is 0 Å². The fourth-order valence-corrected chi connectivity index (χ4v) is 4.64. The molecule has 1 fully saturated rings. The third kappa shape index (κ3) is 6.53. The fraction of sp³-hybridized carbons (Fsp3) is 0.429. The van der Waals surface area contributed by atoms with Gasteiger partial charge in [0.2, 0.25) is 0 Å². The Morgan fingerprint density at radius 1 is 1.00 bits per heavy atom. The molecule has 2 aromatic rings. The van der Waals surface area contributed by atoms with Gasteiger partial charge in [-0.05, 0) is 54.8 Å². The monoisotopic (exact) mass is 395 g/mol. The third-order valence-corrected chi connectivity index (χ3v) is 6.02. The van der Waals surface area contributed by atoms with Gasteiger partial charge in [0.15, 0.2) is 0 Å². The van der Waals surface area contributed by atoms with Crippen molar-refractivity contribution in [3.8, 4) is 11.1 Å². The van der Waals surface area contributed by atoms with E-state index in [0.717, 1.165) is 23.4 Å². The van der Waals surface area contributed by atoms with Crippen molar-refractivity contribution in [2.45, 2.75) is 49.5 Å². The van der Waals surface area contributed by atoms with Crippen LogP contribution in [-0.2, 0) is 0 Å². The summed E-state index contributed by atoms with van der Waals surface area (Å²) in [5.41, 5.74) is 2.54. The van der Waals surface area contributed by atoms with E-state index >= 15 is 0 Å². The van der Waals surface area contributed by atoms with Gasteiger partial charge in [-0.15, -0.1) is 24.2 Å². The second kappa shape index (κ2) is 11.1. The maximum atomic E-state index is 6.22. The first-order chi connectivity index (χ1) is 11.8. The molecule has 4 heteroatoms. The second-order valence-corrected chi connectivity index (χ2v) is 8.07. The highest BCUT2D eigenvalue weighted by Crippen LogP contribution is 2.33. The van der Waals surface area contributed by atoms with E-state index in [-0.39, 0.29) is 12.4 Å². The first-order valence-corrected chi connectivity index (χ1v) is 10.4. The molecule has 0 amide bonds. The molecule has 1 N–H and O–H groups in total. The van der Waals surface area contributed by atoms with Crippen LogP contribution in [-0.4, -0.2) is 18.3 Å². The molecule has 3 rings (SSSR count). The Morgan fingerprint density at radius 3 is 2.52 bits per heavy atom. The van der Waals surface area contributed by atoms with Crippen molar-refractivity contribution in [3.63, 3.8) is 0 Å². The maximum absolute atomic E-state index is 6.22. The normalized spacial score (nSPS) is 14.9. The van der Waals surface area contributed by atoms with Crippen molar-refractivity contribution in [1.29, 1.82) is 0 Å². The highest BCUT2D eigenvalue weighted by molar-refractivity contribution is 7.99. The second-order valence-electron chi connectivity index (χ2n) is 6.50. The van der Waals surface area contributed by atoms with E-state index in [1.807, 2.05) is 17.8 Å². The summed E-state index contributed by atoms with van der Waals surface area (Å²) < 4.78 is 0. The van der Waals surface area contributed by atoms with Gasteiger partial charge in [-0.25, -0.2) is 0 Å². The number of halogens is 2. The van der Waals surface area contributed by atoms with Crippen molar-refractivity contribution >= 4 is 35.8 Å². The molecule has 0 radical (unpaired) electrons. The van der Waals surface area contributed by atoms with E-state index in [1.165, 1.54) is 54.5 Å². The summed E-state index contributed by atoms with van der Waals surface area (Å²) in [6, 6.07) is 17.6. The third-order valence-electron chi connectivity index (χ3n) is 4.65. The Bertz CT molecular complexity index is 627. The van der Waals surface area contributed by atoms with Gasteiger partial charge >= 0.3 is 0 Å². The first-order valence-electron chi connectivity index (χ1n) is 9.04. The van der Waals surface area contributed by atoms with Gasteiger partial charge < -0.3 is 5.32 Å². The van der Waals surface area contributed by atoms with Crippen LogP contribution in [0.3, 0.4) is 0 Å². The van der Waals surface area contributed by atoms with Crippen LogP contribution in [0.25, 0.3) is 11.1 Å². The SMILES string of the molecule is Cl.Clc1ccc(-c2ccccc2)c(SCCCNC2CCCCC2)c1. The van der Waals surface area contributed by atoms with Crippen molar-refractivity contribution < 1.29 is 0 Å². The number of nitrogens with one attached hydrogen (secondary N) is 1. The molecule has 0 bridgehead atoms. The molecule has 136 valence electrons. The number of hydrogen-bond donors (Lipinski definition) is 1. The minimum Gasteiger partial charge on any atom is -0.314 e. The summed E-state index contributed by atoms with van der Waals surface area (Å²) in [5, 5.41) is 4.54. The number of rotatable bonds is 7. The van der Waals surface area contributed by atoms with Crippen LogP contribution in [0.4, 0.5) is 0 Å². The Kier molecular flexibility index (Phi) is 9.19. The lowest BCUT2D eigenvalue weighted by Gasteiger charge is -2.22. The van der Waals surface area contributed by atoms with Crippen molar-refractivity contribution in [2.24, 2.45) is 0 Å². The van der Waals surface area contributed by atoms with E-state index < -0.39 is 0 Å². The summed E-state index contributed by atoms with van der Waals surface area (Å²) in [5.74, 6) is 1.12. The van der Waals surface area contributed by atoms with Crippen LogP contribution in [0.15, 0.2) is 53.4 Å². The van der Waals surface area contributed by atoms with Crippen molar-refractivity contribution in [2.75, 3.05) is 12.3 Å². The average Bonchev–Trinajstić information content (AvgIpc) is 2.63. The molecule has 1 saturated carbocycles. The molecular weight excluding hydrogens is 369 g/mol. The molecule has 1 aliphatic rings. The van der Waals surface area contributed by atoms with E-state index in [0.29, 0.717) is 0 Å². The lowest BCUT2D eigenvalue weighted by atomic mass is 9.95. The molecule has 25 heavy (non-hydrogen) atoms. The van der Waals surface area contributed by atoms with Gasteiger partial charge in [-0.3, -0.25) is 0 Å². The number of thioether (sulfide) groups is 1. The molecule has 0 aliphatic heterocycles. The van der Waals surface area contributed by atoms with Gasteiger partial charge in [0.25, 0.3) is 0 Å². The van der Waals surface area contributed by atoms with Gasteiger partial charge in [0, 0.05) is 16.0 Å². The highest BCUT2D eigenvalue weighted by atomic mass is 35.5. The molecule has 0 spiro atoms. The molecule has 0 atom stereocenters. The zero-order chi connectivity index (χ0) is 16.6. The summed E-state index contributed by atoms with van der Waals surface area (Å²) in [6.45, 7) is 1.12. The molecule has 0 saturated heterocycles. The van der Waals surface area contributed by atoms with E-state index in [2.05, 4.69) is 47.8 Å². The molecule has 0 aromatic heterocycles. The van der Waals surface area contributed by atoms with E-state index in [1.54, 1.807) is 0 Å². The predicted molar refractivity (Wildman–Crippen MR) is 114 cm³/mol. The molecular formula is C21H27Cl2NS. The smallest absolute Gasteiger partial charge is 0.0417 e. The minimum absolute atomic E-state index is 0. The summed E-state index contributed by atoms with van der Waals surface area (Å²) in [7, 11) is 0. The molecule has 1 aliphatic carbocycles. The topological polar surface area (TPSA) is 12.0 Å². The molecule has 2 aromatic carbocycles. The van der Waals surface area contributed by atoms with Gasteiger partial charge in [-0.1, -0.05) is 67.3 Å². The number of hydrogen-bond acceptors (Lipinski definition) is 2.